The van der Waals surface area contributed by atoms with Crippen LogP contribution in [0.4, 0.5) is 11.4 Å². The number of sulfonamides is 2. The molecule has 1 fully saturated rings. The first-order valence-corrected chi connectivity index (χ1v) is 11.8. The fourth-order valence-electron chi connectivity index (χ4n) is 2.81. The van der Waals surface area contributed by atoms with Crippen molar-refractivity contribution in [3.05, 3.63) is 24.3 Å². The quantitative estimate of drug-likeness (QED) is 0.765. The average molecular weight is 404 g/mol. The number of hydrogen-bond acceptors (Lipinski definition) is 5. The second kappa shape index (κ2) is 7.93. The normalized spacial score (nSPS) is 19.1. The number of nitrogens with zero attached hydrogens (tertiary/aromatic N) is 2. The maximum absolute atomic E-state index is 12.5. The monoisotopic (exact) mass is 403 g/mol. The van der Waals surface area contributed by atoms with Gasteiger partial charge in [-0.05, 0) is 38.0 Å². The average Bonchev–Trinajstić information content (AvgIpc) is 2.60. The van der Waals surface area contributed by atoms with Crippen LogP contribution in [0, 0.1) is 5.92 Å². The molecule has 1 heterocycles. The maximum Gasteiger partial charge on any atom is 0.231 e. The number of amides is 1. The van der Waals surface area contributed by atoms with Crippen molar-refractivity contribution in [2.75, 3.05) is 41.8 Å². The molecule has 1 aliphatic rings. The molecule has 0 bridgehead atoms. The molecule has 0 aromatic heterocycles. The molecular formula is C16H25N3O5S2. The summed E-state index contributed by atoms with van der Waals surface area (Å²) in [4.78, 5) is 12.5. The molecular weight excluding hydrogens is 378 g/mol. The predicted octanol–water partition coefficient (Wildman–Crippen LogP) is 1.08. The fourth-order valence-corrected chi connectivity index (χ4v) is 4.48. The van der Waals surface area contributed by atoms with Gasteiger partial charge in [-0.25, -0.2) is 21.1 Å². The van der Waals surface area contributed by atoms with Crippen molar-refractivity contribution < 1.29 is 21.6 Å². The number of nitrogens with one attached hydrogen (secondary N) is 1. The minimum Gasteiger partial charge on any atom is -0.326 e. The number of carbonyl (C=O) groups excluding carboxylic acids is 1. The molecule has 1 N–H and O–H groups in total. The number of rotatable bonds is 6. The molecule has 1 amide bonds. The smallest absolute Gasteiger partial charge is 0.231 e. The van der Waals surface area contributed by atoms with Gasteiger partial charge in [-0.3, -0.25) is 9.10 Å². The van der Waals surface area contributed by atoms with Gasteiger partial charge in [0.25, 0.3) is 0 Å². The number of hydrogen-bond donors (Lipinski definition) is 1. The van der Waals surface area contributed by atoms with Gasteiger partial charge in [-0.2, -0.15) is 0 Å². The van der Waals surface area contributed by atoms with Crippen LogP contribution in [0.25, 0.3) is 0 Å². The van der Waals surface area contributed by atoms with Crippen LogP contribution in [0.15, 0.2) is 24.3 Å². The van der Waals surface area contributed by atoms with E-state index in [2.05, 4.69) is 5.32 Å². The minimum absolute atomic E-state index is 0.0151. The highest BCUT2D eigenvalue weighted by Crippen LogP contribution is 2.24. The predicted molar refractivity (Wildman–Crippen MR) is 102 cm³/mol. The summed E-state index contributed by atoms with van der Waals surface area (Å²) >= 11 is 0. The Labute approximate surface area is 155 Å². The molecule has 1 saturated heterocycles. The van der Waals surface area contributed by atoms with Gasteiger partial charge in [-0.1, -0.05) is 6.07 Å². The van der Waals surface area contributed by atoms with Gasteiger partial charge in [0.05, 0.1) is 23.6 Å². The summed E-state index contributed by atoms with van der Waals surface area (Å²) in [7, 11) is -5.28. The van der Waals surface area contributed by atoms with E-state index in [1.165, 1.54) is 11.4 Å². The van der Waals surface area contributed by atoms with Crippen LogP contribution >= 0.6 is 0 Å². The first kappa shape index (κ1) is 20.7. The fraction of sp³-hybridized carbons (Fsp3) is 0.562. The maximum atomic E-state index is 12.5. The highest BCUT2D eigenvalue weighted by molar-refractivity contribution is 7.92. The number of anilines is 2. The van der Waals surface area contributed by atoms with Crippen molar-refractivity contribution >= 4 is 37.3 Å². The molecule has 1 aliphatic heterocycles. The molecule has 0 spiro atoms. The lowest BCUT2D eigenvalue weighted by molar-refractivity contribution is -0.120. The van der Waals surface area contributed by atoms with Gasteiger partial charge >= 0.3 is 0 Å². The molecule has 8 nitrogen and oxygen atoms in total. The van der Waals surface area contributed by atoms with E-state index < -0.39 is 26.0 Å². The molecule has 0 unspecified atom stereocenters. The van der Waals surface area contributed by atoms with E-state index in [0.717, 1.165) is 10.6 Å². The third-order valence-electron chi connectivity index (χ3n) is 4.49. The Morgan fingerprint density at radius 2 is 2.00 bits per heavy atom. The Hall–Kier alpha value is -1.65. The van der Waals surface area contributed by atoms with E-state index in [9.17, 15) is 21.6 Å². The topological polar surface area (TPSA) is 104 Å². The lowest BCUT2D eigenvalue weighted by Gasteiger charge is -2.31. The second-order valence-corrected chi connectivity index (χ2v) is 10.6. The zero-order chi connectivity index (χ0) is 19.5. The lowest BCUT2D eigenvalue weighted by atomic mass is 9.98. The van der Waals surface area contributed by atoms with Crippen molar-refractivity contribution in [3.8, 4) is 0 Å². The highest BCUT2D eigenvalue weighted by Gasteiger charge is 2.31. The Bertz CT molecular complexity index is 868. The zero-order valence-corrected chi connectivity index (χ0v) is 16.8. The van der Waals surface area contributed by atoms with E-state index in [-0.39, 0.29) is 18.2 Å². The summed E-state index contributed by atoms with van der Waals surface area (Å²) < 4.78 is 49.8. The SMILES string of the molecule is CCS(=O)(=O)N1CCC[C@H](C(=O)Nc2cccc(N(C)S(C)(=O)=O)c2)C1. The summed E-state index contributed by atoms with van der Waals surface area (Å²) in [6, 6.07) is 6.53. The van der Waals surface area contributed by atoms with E-state index in [1.807, 2.05) is 0 Å². The molecule has 0 saturated carbocycles. The number of carbonyl (C=O) groups is 1. The Morgan fingerprint density at radius 3 is 2.62 bits per heavy atom. The van der Waals surface area contributed by atoms with Crippen LogP contribution in [-0.4, -0.2) is 59.2 Å². The highest BCUT2D eigenvalue weighted by atomic mass is 32.2. The van der Waals surface area contributed by atoms with Crippen LogP contribution in [0.2, 0.25) is 0 Å². The van der Waals surface area contributed by atoms with Gasteiger partial charge in [0.15, 0.2) is 0 Å². The van der Waals surface area contributed by atoms with Crippen LogP contribution in [0.5, 0.6) is 0 Å². The Kier molecular flexibility index (Phi) is 6.30. The van der Waals surface area contributed by atoms with E-state index in [1.54, 1.807) is 31.2 Å². The van der Waals surface area contributed by atoms with E-state index >= 15 is 0 Å². The van der Waals surface area contributed by atoms with Crippen LogP contribution < -0.4 is 9.62 Å². The van der Waals surface area contributed by atoms with Crippen molar-refractivity contribution in [2.24, 2.45) is 5.92 Å². The molecule has 10 heteroatoms. The van der Waals surface area contributed by atoms with Crippen LogP contribution in [0.3, 0.4) is 0 Å². The van der Waals surface area contributed by atoms with Gasteiger partial charge in [0.2, 0.25) is 26.0 Å². The third kappa shape index (κ3) is 4.95. The summed E-state index contributed by atoms with van der Waals surface area (Å²) in [6.07, 6.45) is 2.35. The molecule has 1 aromatic rings. The van der Waals surface area contributed by atoms with Crippen LogP contribution in [-0.2, 0) is 24.8 Å². The minimum atomic E-state index is -3.40. The second-order valence-electron chi connectivity index (χ2n) is 6.37. The number of piperidine rings is 1. The van der Waals surface area contributed by atoms with Crippen molar-refractivity contribution in [3.63, 3.8) is 0 Å². The summed E-state index contributed by atoms with van der Waals surface area (Å²) in [5.74, 6) is -0.678. The van der Waals surface area contributed by atoms with Gasteiger partial charge in [0.1, 0.15) is 0 Å². The molecule has 1 aromatic carbocycles. The Morgan fingerprint density at radius 1 is 1.31 bits per heavy atom. The molecule has 146 valence electrons. The summed E-state index contributed by atoms with van der Waals surface area (Å²) in [5.41, 5.74) is 0.905. The molecule has 1 atom stereocenters. The molecule has 2 rings (SSSR count). The van der Waals surface area contributed by atoms with Crippen molar-refractivity contribution in [2.45, 2.75) is 19.8 Å². The Balaban J connectivity index is 2.10. The molecule has 0 radical (unpaired) electrons. The van der Waals surface area contributed by atoms with Gasteiger partial charge in [-0.15, -0.1) is 0 Å². The van der Waals surface area contributed by atoms with Crippen LogP contribution in [0.1, 0.15) is 19.8 Å². The number of benzene rings is 1. The van der Waals surface area contributed by atoms with Crippen molar-refractivity contribution in [1.29, 1.82) is 0 Å². The summed E-state index contributed by atoms with van der Waals surface area (Å²) in [5, 5.41) is 2.77. The first-order valence-electron chi connectivity index (χ1n) is 8.37. The van der Waals surface area contributed by atoms with E-state index in [0.29, 0.717) is 30.8 Å². The summed E-state index contributed by atoms with van der Waals surface area (Å²) in [6.45, 7) is 2.20. The van der Waals surface area contributed by atoms with Crippen molar-refractivity contribution in [1.82, 2.24) is 4.31 Å². The van der Waals surface area contributed by atoms with Gasteiger partial charge < -0.3 is 5.32 Å². The standard InChI is InChI=1S/C16H25N3O5S2/c1-4-26(23,24)19-10-6-7-13(12-19)16(20)17-14-8-5-9-15(11-14)18(2)25(3,21)22/h5,8-9,11,13H,4,6-7,10,12H2,1-3H3,(H,17,20)/t13-/m0/s1. The largest absolute Gasteiger partial charge is 0.326 e. The van der Waals surface area contributed by atoms with Gasteiger partial charge in [0, 0.05) is 25.8 Å². The third-order valence-corrected chi connectivity index (χ3v) is 7.54. The molecule has 0 aliphatic carbocycles. The zero-order valence-electron chi connectivity index (χ0n) is 15.2. The van der Waals surface area contributed by atoms with E-state index in [4.69, 9.17) is 0 Å². The lowest BCUT2D eigenvalue weighted by Crippen LogP contribution is -2.44. The first-order chi connectivity index (χ1) is 12.0. The molecule has 26 heavy (non-hydrogen) atoms.